The van der Waals surface area contributed by atoms with E-state index in [2.05, 4.69) is 5.32 Å². The number of carbonyl (C=O) groups is 1. The Balaban J connectivity index is 2.23. The third kappa shape index (κ3) is 5.70. The van der Waals surface area contributed by atoms with Crippen molar-refractivity contribution in [2.24, 2.45) is 5.73 Å². The van der Waals surface area contributed by atoms with Gasteiger partial charge in [-0.15, -0.1) is 11.8 Å². The lowest BCUT2D eigenvalue weighted by Gasteiger charge is -2.10. The van der Waals surface area contributed by atoms with Crippen molar-refractivity contribution in [1.82, 2.24) is 5.32 Å². The zero-order chi connectivity index (χ0) is 12.7. The number of nitrogens with two attached hydrogens (primary N) is 1. The number of rotatable bonds is 6. The molecule has 0 unspecified atom stereocenters. The van der Waals surface area contributed by atoms with Crippen LogP contribution < -0.4 is 11.1 Å². The zero-order valence-corrected chi connectivity index (χ0v) is 10.6. The number of nitrogens with one attached hydrogen (secondary N) is 1. The van der Waals surface area contributed by atoms with Crippen LogP contribution in [0.3, 0.4) is 0 Å². The van der Waals surface area contributed by atoms with Crippen molar-refractivity contribution in [3.8, 4) is 0 Å². The van der Waals surface area contributed by atoms with Gasteiger partial charge >= 0.3 is 0 Å². The zero-order valence-electron chi connectivity index (χ0n) is 9.78. The molecule has 1 atom stereocenters. The fourth-order valence-corrected chi connectivity index (χ4v) is 2.05. The van der Waals surface area contributed by atoms with Crippen LogP contribution in [0.25, 0.3) is 0 Å². The molecular weight excluding hydrogens is 239 g/mol. The molecule has 0 saturated carbocycles. The summed E-state index contributed by atoms with van der Waals surface area (Å²) in [6.07, 6.45) is 0.437. The van der Waals surface area contributed by atoms with Crippen LogP contribution in [0.2, 0.25) is 0 Å². The van der Waals surface area contributed by atoms with E-state index in [0.29, 0.717) is 18.7 Å². The molecule has 0 aliphatic heterocycles. The summed E-state index contributed by atoms with van der Waals surface area (Å²) in [5.41, 5.74) is 5.40. The molecule has 0 aliphatic carbocycles. The molecule has 0 radical (unpaired) electrons. The Kier molecular flexibility index (Phi) is 6.00. The van der Waals surface area contributed by atoms with Crippen molar-refractivity contribution >= 4 is 17.7 Å². The van der Waals surface area contributed by atoms with Crippen LogP contribution >= 0.6 is 11.8 Å². The first kappa shape index (κ1) is 14.0. The Morgan fingerprint density at radius 3 is 2.71 bits per heavy atom. The van der Waals surface area contributed by atoms with Gasteiger partial charge in [0.2, 0.25) is 5.91 Å². The summed E-state index contributed by atoms with van der Waals surface area (Å²) in [5.74, 6) is 0.427. The Labute approximate surface area is 105 Å². The number of hydrogen-bond acceptors (Lipinski definition) is 3. The van der Waals surface area contributed by atoms with Crippen molar-refractivity contribution in [1.29, 1.82) is 0 Å². The summed E-state index contributed by atoms with van der Waals surface area (Å²) in [5, 5.41) is 2.79. The predicted molar refractivity (Wildman–Crippen MR) is 68.4 cm³/mol. The Bertz CT molecular complexity index is 356. The van der Waals surface area contributed by atoms with Gasteiger partial charge in [-0.3, -0.25) is 4.79 Å². The third-order valence-corrected chi connectivity index (χ3v) is 3.19. The lowest BCUT2D eigenvalue weighted by molar-refractivity contribution is -0.121. The van der Waals surface area contributed by atoms with Crippen molar-refractivity contribution in [2.45, 2.75) is 24.3 Å². The predicted octanol–water partition coefficient (Wildman–Crippen LogP) is 1.77. The third-order valence-electron chi connectivity index (χ3n) is 2.17. The minimum absolute atomic E-state index is 0.00226. The van der Waals surface area contributed by atoms with Crippen LogP contribution in [0.5, 0.6) is 0 Å². The molecule has 0 fully saturated rings. The number of amides is 1. The van der Waals surface area contributed by atoms with Crippen LogP contribution in [-0.2, 0) is 4.79 Å². The molecular formula is C12H17FN2OS. The van der Waals surface area contributed by atoms with Crippen LogP contribution in [0.1, 0.15) is 13.3 Å². The number of hydrogen-bond donors (Lipinski definition) is 2. The van der Waals surface area contributed by atoms with Gasteiger partial charge in [-0.25, -0.2) is 4.39 Å². The van der Waals surface area contributed by atoms with Gasteiger partial charge in [-0.1, -0.05) is 0 Å². The highest BCUT2D eigenvalue weighted by Crippen LogP contribution is 2.18. The van der Waals surface area contributed by atoms with Crippen LogP contribution in [0, 0.1) is 5.82 Å². The average Bonchev–Trinajstić information content (AvgIpc) is 2.31. The quantitative estimate of drug-likeness (QED) is 0.763. The average molecular weight is 256 g/mol. The van der Waals surface area contributed by atoms with Crippen LogP contribution in [-0.4, -0.2) is 24.2 Å². The topological polar surface area (TPSA) is 55.1 Å². The number of carbonyl (C=O) groups excluding carboxylic acids is 1. The number of benzene rings is 1. The van der Waals surface area contributed by atoms with Crippen molar-refractivity contribution in [3.63, 3.8) is 0 Å². The SMILES string of the molecule is C[C@@H](CN)NC(=O)CCSc1ccc(F)cc1. The van der Waals surface area contributed by atoms with Gasteiger partial charge in [0.05, 0.1) is 0 Å². The first-order valence-corrected chi connectivity index (χ1v) is 6.48. The van der Waals surface area contributed by atoms with E-state index >= 15 is 0 Å². The summed E-state index contributed by atoms with van der Waals surface area (Å²) < 4.78 is 12.6. The Morgan fingerprint density at radius 1 is 1.47 bits per heavy atom. The van der Waals surface area contributed by atoms with E-state index in [4.69, 9.17) is 5.73 Å². The first-order valence-electron chi connectivity index (χ1n) is 5.49. The van der Waals surface area contributed by atoms with Gasteiger partial charge in [0, 0.05) is 29.7 Å². The minimum atomic E-state index is -0.246. The monoisotopic (exact) mass is 256 g/mol. The van der Waals surface area contributed by atoms with E-state index in [-0.39, 0.29) is 17.8 Å². The Hall–Kier alpha value is -1.07. The summed E-state index contributed by atoms with van der Waals surface area (Å²) >= 11 is 1.53. The second kappa shape index (κ2) is 7.29. The molecule has 1 rings (SSSR count). The molecule has 1 aromatic carbocycles. The standard InChI is InChI=1S/C12H17FN2OS/c1-9(8-14)15-12(16)6-7-17-11-4-2-10(13)3-5-11/h2-5,9H,6-8,14H2,1H3,(H,15,16)/t9-/m0/s1. The molecule has 1 amide bonds. The van der Waals surface area contributed by atoms with Gasteiger partial charge in [-0.05, 0) is 31.2 Å². The highest BCUT2D eigenvalue weighted by atomic mass is 32.2. The van der Waals surface area contributed by atoms with Crippen LogP contribution in [0.4, 0.5) is 4.39 Å². The molecule has 3 N–H and O–H groups in total. The second-order valence-electron chi connectivity index (χ2n) is 3.76. The van der Waals surface area contributed by atoms with Gasteiger partial charge in [0.25, 0.3) is 0 Å². The highest BCUT2D eigenvalue weighted by Gasteiger charge is 2.05. The number of halogens is 1. The molecule has 17 heavy (non-hydrogen) atoms. The van der Waals surface area contributed by atoms with Crippen LogP contribution in [0.15, 0.2) is 29.2 Å². The molecule has 0 aliphatic rings. The van der Waals surface area contributed by atoms with Gasteiger partial charge in [0.15, 0.2) is 0 Å². The molecule has 5 heteroatoms. The van der Waals surface area contributed by atoms with E-state index in [1.165, 1.54) is 23.9 Å². The maximum absolute atomic E-state index is 12.6. The van der Waals surface area contributed by atoms with E-state index in [9.17, 15) is 9.18 Å². The van der Waals surface area contributed by atoms with E-state index in [1.807, 2.05) is 6.92 Å². The lowest BCUT2D eigenvalue weighted by atomic mass is 10.3. The van der Waals surface area contributed by atoms with E-state index < -0.39 is 0 Å². The van der Waals surface area contributed by atoms with Crippen molar-refractivity contribution in [2.75, 3.05) is 12.3 Å². The van der Waals surface area contributed by atoms with Gasteiger partial charge < -0.3 is 11.1 Å². The summed E-state index contributed by atoms with van der Waals surface area (Å²) in [6.45, 7) is 2.31. The summed E-state index contributed by atoms with van der Waals surface area (Å²) in [6, 6.07) is 6.26. The molecule has 94 valence electrons. The fourth-order valence-electron chi connectivity index (χ4n) is 1.20. The smallest absolute Gasteiger partial charge is 0.221 e. The molecule has 0 bridgehead atoms. The lowest BCUT2D eigenvalue weighted by Crippen LogP contribution is -2.37. The minimum Gasteiger partial charge on any atom is -0.352 e. The molecule has 3 nitrogen and oxygen atoms in total. The van der Waals surface area contributed by atoms with Crippen molar-refractivity contribution < 1.29 is 9.18 Å². The molecule has 0 heterocycles. The van der Waals surface area contributed by atoms with Crippen molar-refractivity contribution in [3.05, 3.63) is 30.1 Å². The maximum atomic E-state index is 12.6. The highest BCUT2D eigenvalue weighted by molar-refractivity contribution is 7.99. The largest absolute Gasteiger partial charge is 0.352 e. The maximum Gasteiger partial charge on any atom is 0.221 e. The first-order chi connectivity index (χ1) is 8.11. The summed E-state index contributed by atoms with van der Waals surface area (Å²) in [7, 11) is 0. The van der Waals surface area contributed by atoms with E-state index in [0.717, 1.165) is 4.90 Å². The number of thioether (sulfide) groups is 1. The molecule has 0 spiro atoms. The van der Waals surface area contributed by atoms with E-state index in [1.54, 1.807) is 12.1 Å². The van der Waals surface area contributed by atoms with Gasteiger partial charge in [0.1, 0.15) is 5.82 Å². The molecule has 1 aromatic rings. The second-order valence-corrected chi connectivity index (χ2v) is 4.92. The molecule has 0 aromatic heterocycles. The summed E-state index contributed by atoms with van der Waals surface area (Å²) in [4.78, 5) is 12.4. The Morgan fingerprint density at radius 2 is 2.12 bits per heavy atom. The van der Waals surface area contributed by atoms with Gasteiger partial charge in [-0.2, -0.15) is 0 Å². The molecule has 0 saturated heterocycles. The fraction of sp³-hybridized carbons (Fsp3) is 0.417. The normalized spacial score (nSPS) is 12.2.